The predicted octanol–water partition coefficient (Wildman–Crippen LogP) is 3.33. The van der Waals surface area contributed by atoms with E-state index in [0.717, 1.165) is 18.9 Å². The highest BCUT2D eigenvalue weighted by molar-refractivity contribution is 5.90. The van der Waals surface area contributed by atoms with Gasteiger partial charge in [0.05, 0.1) is 5.57 Å². The molecule has 0 aromatic rings. The number of likely N-dealkylation sites (tertiary alicyclic amines) is 1. The molecule has 3 heteroatoms. The second kappa shape index (κ2) is 6.57. The van der Waals surface area contributed by atoms with E-state index in [1.807, 2.05) is 6.08 Å². The standard InChI is InChI=1S/C17H27NO2/c1-12(2)11-18-9-8-13(3)10-16(18)14-4-6-15(7-5-14)17(19)20/h4,6-7,12-14,16H,5,8-11H2,1-3H3,(H,19,20)/t13?,14?,16-/m0/s1. The highest BCUT2D eigenvalue weighted by Crippen LogP contribution is 2.32. The maximum atomic E-state index is 11.0. The molecule has 20 heavy (non-hydrogen) atoms. The first-order chi connectivity index (χ1) is 9.47. The molecule has 0 aromatic carbocycles. The van der Waals surface area contributed by atoms with Crippen molar-refractivity contribution in [3.8, 4) is 0 Å². The smallest absolute Gasteiger partial charge is 0.335 e. The summed E-state index contributed by atoms with van der Waals surface area (Å²) in [5, 5.41) is 9.02. The number of carboxylic acid groups (broad SMARTS) is 1. The molecule has 2 aliphatic rings. The minimum Gasteiger partial charge on any atom is -0.478 e. The molecule has 1 aliphatic carbocycles. The average molecular weight is 277 g/mol. The van der Waals surface area contributed by atoms with Crippen LogP contribution in [-0.4, -0.2) is 35.1 Å². The molecule has 0 saturated carbocycles. The van der Waals surface area contributed by atoms with Gasteiger partial charge >= 0.3 is 5.97 Å². The van der Waals surface area contributed by atoms with E-state index in [1.54, 1.807) is 6.08 Å². The average Bonchev–Trinajstić information content (AvgIpc) is 2.40. The molecular formula is C17H27NO2. The lowest BCUT2D eigenvalue weighted by Crippen LogP contribution is -2.47. The summed E-state index contributed by atoms with van der Waals surface area (Å²) in [4.78, 5) is 13.6. The van der Waals surface area contributed by atoms with Crippen LogP contribution in [0.2, 0.25) is 0 Å². The Morgan fingerprint density at radius 3 is 2.80 bits per heavy atom. The molecule has 2 rings (SSSR count). The van der Waals surface area contributed by atoms with Gasteiger partial charge in [0.25, 0.3) is 0 Å². The molecule has 1 aliphatic heterocycles. The minimum absolute atomic E-state index is 0.445. The molecule has 2 unspecified atom stereocenters. The number of allylic oxidation sites excluding steroid dienone is 1. The quantitative estimate of drug-likeness (QED) is 0.857. The fraction of sp³-hybridized carbons (Fsp3) is 0.706. The third-order valence-corrected chi connectivity index (χ3v) is 4.50. The molecule has 3 nitrogen and oxygen atoms in total. The molecule has 0 bridgehead atoms. The molecule has 0 radical (unpaired) electrons. The second-order valence-corrected chi connectivity index (χ2v) is 6.81. The Kier molecular flexibility index (Phi) is 5.03. The first-order valence-corrected chi connectivity index (χ1v) is 7.83. The van der Waals surface area contributed by atoms with Gasteiger partial charge < -0.3 is 5.11 Å². The van der Waals surface area contributed by atoms with Gasteiger partial charge in [0, 0.05) is 12.6 Å². The van der Waals surface area contributed by atoms with E-state index < -0.39 is 5.97 Å². The Labute approximate surface area is 122 Å². The maximum Gasteiger partial charge on any atom is 0.335 e. The van der Waals surface area contributed by atoms with Crippen LogP contribution in [0, 0.1) is 17.8 Å². The number of nitrogens with zero attached hydrogens (tertiary/aromatic N) is 1. The van der Waals surface area contributed by atoms with Crippen molar-refractivity contribution >= 4 is 5.97 Å². The van der Waals surface area contributed by atoms with Crippen molar-refractivity contribution in [1.29, 1.82) is 0 Å². The van der Waals surface area contributed by atoms with Crippen LogP contribution in [-0.2, 0) is 4.79 Å². The van der Waals surface area contributed by atoms with E-state index >= 15 is 0 Å². The molecule has 112 valence electrons. The van der Waals surface area contributed by atoms with Crippen LogP contribution in [0.1, 0.15) is 40.0 Å². The van der Waals surface area contributed by atoms with Gasteiger partial charge in [-0.1, -0.05) is 39.0 Å². The Hall–Kier alpha value is -1.09. The van der Waals surface area contributed by atoms with Crippen LogP contribution in [0.3, 0.4) is 0 Å². The number of rotatable bonds is 4. The summed E-state index contributed by atoms with van der Waals surface area (Å²) >= 11 is 0. The zero-order chi connectivity index (χ0) is 14.7. The number of hydrogen-bond donors (Lipinski definition) is 1. The van der Waals surface area contributed by atoms with Crippen LogP contribution >= 0.6 is 0 Å². The van der Waals surface area contributed by atoms with E-state index in [4.69, 9.17) is 5.11 Å². The van der Waals surface area contributed by atoms with E-state index in [-0.39, 0.29) is 0 Å². The Morgan fingerprint density at radius 2 is 2.25 bits per heavy atom. The SMILES string of the molecule is CC(C)CN1CCC(C)C[C@H]1C1C=CC(C(=O)O)=CC1. The molecule has 1 saturated heterocycles. The van der Waals surface area contributed by atoms with Gasteiger partial charge in [-0.05, 0) is 43.6 Å². The summed E-state index contributed by atoms with van der Waals surface area (Å²) in [7, 11) is 0. The summed E-state index contributed by atoms with van der Waals surface area (Å²) in [5.74, 6) is 1.13. The highest BCUT2D eigenvalue weighted by atomic mass is 16.4. The summed E-state index contributed by atoms with van der Waals surface area (Å²) in [6.07, 6.45) is 9.20. The monoisotopic (exact) mass is 277 g/mol. The summed E-state index contributed by atoms with van der Waals surface area (Å²) in [6, 6.07) is 0.573. The molecule has 1 N–H and O–H groups in total. The zero-order valence-electron chi connectivity index (χ0n) is 12.9. The first kappa shape index (κ1) is 15.3. The maximum absolute atomic E-state index is 11.0. The topological polar surface area (TPSA) is 40.5 Å². The lowest BCUT2D eigenvalue weighted by atomic mass is 9.81. The summed E-state index contributed by atoms with van der Waals surface area (Å²) in [6.45, 7) is 9.22. The van der Waals surface area contributed by atoms with Gasteiger partial charge in [-0.25, -0.2) is 4.79 Å². The van der Waals surface area contributed by atoms with Crippen molar-refractivity contribution in [3.05, 3.63) is 23.8 Å². The van der Waals surface area contributed by atoms with Crippen LogP contribution < -0.4 is 0 Å². The lowest BCUT2D eigenvalue weighted by Gasteiger charge is -2.43. The van der Waals surface area contributed by atoms with Crippen molar-refractivity contribution in [1.82, 2.24) is 4.90 Å². The van der Waals surface area contributed by atoms with Crippen molar-refractivity contribution < 1.29 is 9.90 Å². The number of aliphatic carboxylic acids is 1. The molecule has 0 aromatic heterocycles. The predicted molar refractivity (Wildman–Crippen MR) is 81.6 cm³/mol. The van der Waals surface area contributed by atoms with Crippen molar-refractivity contribution in [2.75, 3.05) is 13.1 Å². The largest absolute Gasteiger partial charge is 0.478 e. The fourth-order valence-electron chi connectivity index (χ4n) is 3.45. The molecule has 3 atom stereocenters. The number of piperidine rings is 1. The third-order valence-electron chi connectivity index (χ3n) is 4.50. The van der Waals surface area contributed by atoms with E-state index in [2.05, 4.69) is 31.7 Å². The van der Waals surface area contributed by atoms with Gasteiger partial charge in [0.1, 0.15) is 0 Å². The van der Waals surface area contributed by atoms with Crippen LogP contribution in [0.15, 0.2) is 23.8 Å². The third kappa shape index (κ3) is 3.72. The van der Waals surface area contributed by atoms with Gasteiger partial charge in [-0.15, -0.1) is 0 Å². The van der Waals surface area contributed by atoms with Gasteiger partial charge in [-0.2, -0.15) is 0 Å². The minimum atomic E-state index is -0.809. The Bertz CT molecular complexity index is 411. The number of hydrogen-bond acceptors (Lipinski definition) is 2. The fourth-order valence-corrected chi connectivity index (χ4v) is 3.45. The second-order valence-electron chi connectivity index (χ2n) is 6.81. The summed E-state index contributed by atoms with van der Waals surface area (Å²) in [5.41, 5.74) is 0.445. The van der Waals surface area contributed by atoms with Crippen molar-refractivity contribution in [2.45, 2.75) is 46.1 Å². The summed E-state index contributed by atoms with van der Waals surface area (Å²) < 4.78 is 0. The van der Waals surface area contributed by atoms with E-state index in [9.17, 15) is 4.79 Å². The highest BCUT2D eigenvalue weighted by Gasteiger charge is 2.32. The lowest BCUT2D eigenvalue weighted by molar-refractivity contribution is -0.132. The van der Waals surface area contributed by atoms with Gasteiger partial charge in [0.2, 0.25) is 0 Å². The van der Waals surface area contributed by atoms with E-state index in [1.165, 1.54) is 19.4 Å². The molecule has 1 heterocycles. The molecular weight excluding hydrogens is 250 g/mol. The first-order valence-electron chi connectivity index (χ1n) is 7.83. The molecule has 0 amide bonds. The normalized spacial score (nSPS) is 31.4. The van der Waals surface area contributed by atoms with Crippen molar-refractivity contribution in [2.24, 2.45) is 17.8 Å². The van der Waals surface area contributed by atoms with E-state index in [0.29, 0.717) is 23.5 Å². The Morgan fingerprint density at radius 1 is 1.50 bits per heavy atom. The van der Waals surface area contributed by atoms with Crippen LogP contribution in [0.25, 0.3) is 0 Å². The number of carbonyl (C=O) groups is 1. The van der Waals surface area contributed by atoms with Crippen LogP contribution in [0.4, 0.5) is 0 Å². The van der Waals surface area contributed by atoms with Gasteiger partial charge in [-0.3, -0.25) is 4.90 Å². The molecule has 1 fully saturated rings. The van der Waals surface area contributed by atoms with Crippen LogP contribution in [0.5, 0.6) is 0 Å². The number of carboxylic acids is 1. The van der Waals surface area contributed by atoms with Gasteiger partial charge in [0.15, 0.2) is 0 Å². The van der Waals surface area contributed by atoms with Crippen molar-refractivity contribution in [3.63, 3.8) is 0 Å². The Balaban J connectivity index is 2.05. The zero-order valence-corrected chi connectivity index (χ0v) is 12.9. The molecule has 0 spiro atoms.